The highest BCUT2D eigenvalue weighted by atomic mass is 35.5. The third-order valence-corrected chi connectivity index (χ3v) is 4.44. The van der Waals surface area contributed by atoms with E-state index in [9.17, 15) is 8.42 Å². The van der Waals surface area contributed by atoms with Gasteiger partial charge < -0.3 is 5.32 Å². The van der Waals surface area contributed by atoms with Gasteiger partial charge >= 0.3 is 16.1 Å². The van der Waals surface area contributed by atoms with Gasteiger partial charge in [0, 0.05) is 6.42 Å². The van der Waals surface area contributed by atoms with Gasteiger partial charge in [0.2, 0.25) is 0 Å². The van der Waals surface area contributed by atoms with Crippen LogP contribution in [0.3, 0.4) is 0 Å². The number of halogens is 2. The van der Waals surface area contributed by atoms with Crippen molar-refractivity contribution in [2.75, 3.05) is 25.9 Å². The molecule has 0 spiro atoms. The second kappa shape index (κ2) is 7.19. The second-order valence-corrected chi connectivity index (χ2v) is 7.50. The van der Waals surface area contributed by atoms with Crippen molar-refractivity contribution in [2.24, 2.45) is 4.99 Å². The molecule has 0 amide bonds. The van der Waals surface area contributed by atoms with E-state index in [-0.39, 0.29) is 4.65 Å². The first-order valence-electron chi connectivity index (χ1n) is 6.94. The summed E-state index contributed by atoms with van der Waals surface area (Å²) >= 11 is 12.3. The number of hydroxylamine groups is 3. The lowest BCUT2D eigenvalue weighted by atomic mass is 10.3. The Morgan fingerprint density at radius 3 is 2.65 bits per heavy atom. The lowest BCUT2D eigenvalue weighted by Gasteiger charge is -2.27. The summed E-state index contributed by atoms with van der Waals surface area (Å²) in [5.41, 5.74) is 0.374. The number of para-hydroxylation sites is 1. The molecule has 1 atom stereocenters. The maximum atomic E-state index is 11.7. The summed E-state index contributed by atoms with van der Waals surface area (Å²) in [4.78, 5) is 4.44. The van der Waals surface area contributed by atoms with E-state index in [1.807, 2.05) is 0 Å². The number of nitrogens with one attached hydrogen (secondary N) is 1. The number of nitrogens with zero attached hydrogens (tertiary/aromatic N) is 2. The summed E-state index contributed by atoms with van der Waals surface area (Å²) in [6.07, 6.45) is 3.27. The van der Waals surface area contributed by atoms with Crippen LogP contribution in [-0.4, -0.2) is 44.9 Å². The van der Waals surface area contributed by atoms with Crippen LogP contribution >= 0.6 is 23.2 Å². The molecule has 1 fully saturated rings. The maximum absolute atomic E-state index is 11.7. The summed E-state index contributed by atoms with van der Waals surface area (Å²) in [5.74, 6) is 0.354. The molecule has 1 saturated heterocycles. The summed E-state index contributed by atoms with van der Waals surface area (Å²) in [7, 11) is -3.69. The van der Waals surface area contributed by atoms with E-state index < -0.39 is 10.1 Å². The summed E-state index contributed by atoms with van der Waals surface area (Å²) in [6, 6.07) is 5.04. The lowest BCUT2D eigenvalue weighted by Crippen LogP contribution is -2.52. The van der Waals surface area contributed by atoms with Crippen LogP contribution in [-0.2, 0) is 14.4 Å². The average Bonchev–Trinajstić information content (AvgIpc) is 2.81. The Balaban J connectivity index is 2.49. The fourth-order valence-electron chi connectivity index (χ4n) is 2.32. The molecule has 1 unspecified atom stereocenters. The number of benzene rings is 1. The first kappa shape index (κ1) is 18.2. The monoisotopic (exact) mass is 378 g/mol. The number of hydrogen-bond acceptors (Lipinski definition) is 4. The van der Waals surface area contributed by atoms with Crippen LogP contribution in [0.2, 0.25) is 10.0 Å². The Hall–Kier alpha value is -1.12. The molecule has 0 bridgehead atoms. The van der Waals surface area contributed by atoms with E-state index in [2.05, 4.69) is 16.9 Å². The van der Waals surface area contributed by atoms with Crippen molar-refractivity contribution in [1.29, 1.82) is 0 Å². The van der Waals surface area contributed by atoms with Gasteiger partial charge in [-0.25, -0.2) is 0 Å². The largest absolute Gasteiger partial charge is 0.337 e. The minimum atomic E-state index is -3.69. The van der Waals surface area contributed by atoms with Gasteiger partial charge in [0.1, 0.15) is 18.8 Å². The molecule has 1 N–H and O–H groups in total. The van der Waals surface area contributed by atoms with Gasteiger partial charge in [0.25, 0.3) is 0 Å². The maximum Gasteiger partial charge on any atom is 0.337 e. The summed E-state index contributed by atoms with van der Waals surface area (Å²) in [5, 5.41) is 3.81. The first-order chi connectivity index (χ1) is 10.8. The molecular formula is C14H18Cl2N3O3S+. The molecule has 9 heteroatoms. The highest BCUT2D eigenvalue weighted by molar-refractivity contribution is 7.85. The number of guanidine groups is 1. The van der Waals surface area contributed by atoms with Crippen molar-refractivity contribution in [3.63, 3.8) is 0 Å². The molecule has 1 aromatic carbocycles. The van der Waals surface area contributed by atoms with E-state index in [1.54, 1.807) is 24.3 Å². The second-order valence-electron chi connectivity index (χ2n) is 5.12. The molecule has 6 nitrogen and oxygen atoms in total. The Labute approximate surface area is 146 Å². The van der Waals surface area contributed by atoms with Crippen molar-refractivity contribution in [3.05, 3.63) is 40.9 Å². The topological polar surface area (TPSA) is 67.8 Å². The fraction of sp³-hybridized carbons (Fsp3) is 0.357. The first-order valence-corrected chi connectivity index (χ1v) is 9.51. The van der Waals surface area contributed by atoms with Gasteiger partial charge in [-0.3, -0.25) is 0 Å². The number of quaternary nitrogens is 1. The van der Waals surface area contributed by atoms with Gasteiger partial charge in [-0.05, 0) is 12.1 Å². The van der Waals surface area contributed by atoms with Crippen molar-refractivity contribution in [2.45, 2.75) is 6.42 Å². The molecule has 2 rings (SSSR count). The molecule has 0 radical (unpaired) electrons. The smallest absolute Gasteiger partial charge is 0.316 e. The molecule has 1 heterocycles. The Kier molecular flexibility index (Phi) is 5.70. The van der Waals surface area contributed by atoms with Gasteiger partial charge in [0.05, 0.1) is 22.8 Å². The zero-order valence-corrected chi connectivity index (χ0v) is 15.0. The Morgan fingerprint density at radius 1 is 1.43 bits per heavy atom. The minimum Gasteiger partial charge on any atom is -0.316 e. The predicted octanol–water partition coefficient (Wildman–Crippen LogP) is 2.87. The van der Waals surface area contributed by atoms with E-state index in [4.69, 9.17) is 27.5 Å². The molecule has 1 aromatic rings. The molecule has 126 valence electrons. The molecular weight excluding hydrogens is 361 g/mol. The SMILES string of the molecule is C=CCC[N+]1(OS(C)(=O)=O)CCNC1=Nc1c(Cl)cccc1Cl. The van der Waals surface area contributed by atoms with Gasteiger partial charge in [-0.15, -0.1) is 6.58 Å². The highest BCUT2D eigenvalue weighted by Crippen LogP contribution is 2.34. The normalized spacial score (nSPS) is 23.0. The summed E-state index contributed by atoms with van der Waals surface area (Å²) < 4.78 is 28.4. The molecule has 1 aliphatic heterocycles. The highest BCUT2D eigenvalue weighted by Gasteiger charge is 2.45. The summed E-state index contributed by atoms with van der Waals surface area (Å²) in [6.45, 7) is 4.99. The van der Waals surface area contributed by atoms with Crippen LogP contribution in [0.25, 0.3) is 0 Å². The van der Waals surface area contributed by atoms with Gasteiger partial charge in [0.15, 0.2) is 0 Å². The van der Waals surface area contributed by atoms with Gasteiger partial charge in [-0.2, -0.15) is 13.4 Å². The quantitative estimate of drug-likeness (QED) is 0.610. The van der Waals surface area contributed by atoms with Crippen LogP contribution in [0.1, 0.15) is 6.42 Å². The fourth-order valence-corrected chi connectivity index (χ4v) is 3.54. The van der Waals surface area contributed by atoms with Crippen LogP contribution in [0.4, 0.5) is 5.69 Å². The van der Waals surface area contributed by atoms with Gasteiger partial charge in [-0.1, -0.05) is 44.3 Å². The molecule has 1 aliphatic rings. The number of aliphatic imine (C=N–C) groups is 1. The molecule has 0 aliphatic carbocycles. The van der Waals surface area contributed by atoms with E-state index in [0.29, 0.717) is 47.7 Å². The number of hydrogen-bond donors (Lipinski definition) is 1. The molecule has 23 heavy (non-hydrogen) atoms. The minimum absolute atomic E-state index is 0.271. The molecule has 0 aromatic heterocycles. The van der Waals surface area contributed by atoms with E-state index in [0.717, 1.165) is 6.26 Å². The standard InChI is InChI=1S/C14H18Cl2N3O3S/c1-3-4-9-19(22-23(2,20)21)10-8-17-14(19)18-13-11(15)6-5-7-12(13)16/h3,5-7H,1,4,8-10H2,2H3,(H,17,18)/q+1. The van der Waals surface area contributed by atoms with Crippen LogP contribution in [0.5, 0.6) is 0 Å². The Bertz CT molecular complexity index is 717. The van der Waals surface area contributed by atoms with Crippen molar-refractivity contribution in [3.8, 4) is 0 Å². The number of rotatable bonds is 6. The van der Waals surface area contributed by atoms with Crippen molar-refractivity contribution >= 4 is 45.0 Å². The molecule has 0 saturated carbocycles. The van der Waals surface area contributed by atoms with E-state index >= 15 is 0 Å². The van der Waals surface area contributed by atoms with Crippen LogP contribution in [0, 0.1) is 0 Å². The Morgan fingerprint density at radius 2 is 2.09 bits per heavy atom. The zero-order chi connectivity index (χ0) is 17.1. The van der Waals surface area contributed by atoms with E-state index in [1.165, 1.54) is 0 Å². The van der Waals surface area contributed by atoms with Crippen LogP contribution < -0.4 is 5.32 Å². The predicted molar refractivity (Wildman–Crippen MR) is 92.3 cm³/mol. The average molecular weight is 379 g/mol. The van der Waals surface area contributed by atoms with Crippen LogP contribution in [0.15, 0.2) is 35.8 Å². The van der Waals surface area contributed by atoms with Crippen molar-refractivity contribution in [1.82, 2.24) is 5.32 Å². The lowest BCUT2D eigenvalue weighted by molar-refractivity contribution is -1.00. The van der Waals surface area contributed by atoms with Crippen molar-refractivity contribution < 1.29 is 17.3 Å². The zero-order valence-electron chi connectivity index (χ0n) is 12.6. The third kappa shape index (κ3) is 4.45. The third-order valence-electron chi connectivity index (χ3n) is 3.27.